The van der Waals surface area contributed by atoms with E-state index in [9.17, 15) is 9.59 Å². The normalized spacial score (nSPS) is 16.4. The van der Waals surface area contributed by atoms with Crippen LogP contribution >= 0.6 is 11.6 Å². The van der Waals surface area contributed by atoms with Gasteiger partial charge in [-0.15, -0.1) is 0 Å². The van der Waals surface area contributed by atoms with Gasteiger partial charge >= 0.3 is 5.69 Å². The molecule has 1 amide bonds. The summed E-state index contributed by atoms with van der Waals surface area (Å²) >= 11 is 6.02. The first-order valence-corrected chi connectivity index (χ1v) is 7.35. The third-order valence-corrected chi connectivity index (χ3v) is 4.15. The fraction of sp³-hybridized carbons (Fsp3) is 0.429. The molecule has 0 aliphatic carbocycles. The summed E-state index contributed by atoms with van der Waals surface area (Å²) in [6.07, 6.45) is 1.77. The molecule has 2 aromatic rings. The molecule has 1 aromatic carbocycles. The molecule has 112 valence electrons. The van der Waals surface area contributed by atoms with E-state index in [0.29, 0.717) is 10.5 Å². The Morgan fingerprint density at radius 1 is 1.33 bits per heavy atom. The average molecular weight is 309 g/mol. The van der Waals surface area contributed by atoms with Gasteiger partial charge in [0.1, 0.15) is 6.54 Å². The molecule has 1 aliphatic rings. The van der Waals surface area contributed by atoms with Crippen molar-refractivity contribution < 1.29 is 4.79 Å². The van der Waals surface area contributed by atoms with Crippen molar-refractivity contribution in [1.82, 2.24) is 14.5 Å². The Balaban J connectivity index is 2.21. The van der Waals surface area contributed by atoms with Gasteiger partial charge in [-0.3, -0.25) is 13.9 Å². The number of nitrogens with one attached hydrogen (secondary N) is 1. The lowest BCUT2D eigenvalue weighted by Crippen LogP contribution is -2.36. The van der Waals surface area contributed by atoms with E-state index in [1.165, 1.54) is 4.57 Å². The smallest absolute Gasteiger partial charge is 0.329 e. The van der Waals surface area contributed by atoms with Crippen molar-refractivity contribution in [2.75, 3.05) is 13.1 Å². The second-order valence-electron chi connectivity index (χ2n) is 5.32. The number of aromatic nitrogens is 2. The number of halogens is 1. The van der Waals surface area contributed by atoms with Crippen LogP contribution < -0.4 is 16.7 Å². The highest BCUT2D eigenvalue weighted by Crippen LogP contribution is 2.25. The predicted octanol–water partition coefficient (Wildman–Crippen LogP) is 0.866. The maximum absolute atomic E-state index is 12.7. The van der Waals surface area contributed by atoms with Gasteiger partial charge in [0.2, 0.25) is 5.91 Å². The SMILES string of the molecule is NC(=O)Cn1c(=O)n(C2CCNCC2)c2ccc(Cl)cc21. The minimum Gasteiger partial charge on any atom is -0.368 e. The minimum absolute atomic E-state index is 0.131. The molecule has 1 saturated heterocycles. The summed E-state index contributed by atoms with van der Waals surface area (Å²) in [5, 5.41) is 3.81. The largest absolute Gasteiger partial charge is 0.368 e. The van der Waals surface area contributed by atoms with Gasteiger partial charge < -0.3 is 11.1 Å². The standard InChI is InChI=1S/C14H17ClN4O2/c15-9-1-2-11-12(7-9)18(8-13(16)20)14(21)19(11)10-3-5-17-6-4-10/h1-2,7,10,17H,3-6,8H2,(H2,16,20). The summed E-state index contributed by atoms with van der Waals surface area (Å²) in [4.78, 5) is 23.9. The van der Waals surface area contributed by atoms with Crippen LogP contribution in [0.25, 0.3) is 11.0 Å². The third kappa shape index (κ3) is 2.56. The van der Waals surface area contributed by atoms with Crippen LogP contribution in [0.1, 0.15) is 18.9 Å². The number of nitrogens with zero attached hydrogens (tertiary/aromatic N) is 2. The molecule has 0 atom stereocenters. The number of hydrogen-bond acceptors (Lipinski definition) is 3. The lowest BCUT2D eigenvalue weighted by molar-refractivity contribution is -0.118. The molecule has 0 bridgehead atoms. The molecule has 1 aromatic heterocycles. The van der Waals surface area contributed by atoms with Gasteiger partial charge in [-0.1, -0.05) is 11.6 Å². The van der Waals surface area contributed by atoms with Crippen molar-refractivity contribution in [3.05, 3.63) is 33.7 Å². The zero-order chi connectivity index (χ0) is 15.0. The van der Waals surface area contributed by atoms with Crippen molar-refractivity contribution in [2.24, 2.45) is 5.73 Å². The number of imidazole rings is 1. The van der Waals surface area contributed by atoms with Crippen LogP contribution in [-0.4, -0.2) is 28.1 Å². The van der Waals surface area contributed by atoms with Crippen molar-refractivity contribution in [3.63, 3.8) is 0 Å². The summed E-state index contributed by atoms with van der Waals surface area (Å²) in [6, 6.07) is 5.43. The fourth-order valence-corrected chi connectivity index (χ4v) is 3.15. The maximum Gasteiger partial charge on any atom is 0.329 e. The lowest BCUT2D eigenvalue weighted by atomic mass is 10.1. The third-order valence-electron chi connectivity index (χ3n) is 3.91. The maximum atomic E-state index is 12.7. The van der Waals surface area contributed by atoms with Crippen LogP contribution in [-0.2, 0) is 11.3 Å². The fourth-order valence-electron chi connectivity index (χ4n) is 2.98. The highest BCUT2D eigenvalue weighted by atomic mass is 35.5. The van der Waals surface area contributed by atoms with Gasteiger partial charge in [-0.25, -0.2) is 4.79 Å². The van der Waals surface area contributed by atoms with E-state index in [2.05, 4.69) is 5.32 Å². The first-order valence-electron chi connectivity index (χ1n) is 6.97. The zero-order valence-corrected chi connectivity index (χ0v) is 12.3. The molecule has 21 heavy (non-hydrogen) atoms. The minimum atomic E-state index is -0.540. The lowest BCUT2D eigenvalue weighted by Gasteiger charge is -2.23. The van der Waals surface area contributed by atoms with Gasteiger partial charge in [0.05, 0.1) is 11.0 Å². The Bertz CT molecular complexity index is 743. The molecule has 0 unspecified atom stereocenters. The van der Waals surface area contributed by atoms with E-state index in [-0.39, 0.29) is 18.3 Å². The van der Waals surface area contributed by atoms with E-state index in [4.69, 9.17) is 17.3 Å². The van der Waals surface area contributed by atoms with Crippen molar-refractivity contribution >= 4 is 28.5 Å². The van der Waals surface area contributed by atoms with Crippen LogP contribution in [0.3, 0.4) is 0 Å². The summed E-state index contributed by atoms with van der Waals surface area (Å²) in [5.41, 5.74) is 6.52. The van der Waals surface area contributed by atoms with Crippen LogP contribution in [0, 0.1) is 0 Å². The van der Waals surface area contributed by atoms with Crippen LogP contribution in [0.15, 0.2) is 23.0 Å². The van der Waals surface area contributed by atoms with E-state index < -0.39 is 5.91 Å². The van der Waals surface area contributed by atoms with Gasteiger partial charge in [-0.05, 0) is 44.1 Å². The Labute approximate surface area is 126 Å². The molecule has 3 N–H and O–H groups in total. The summed E-state index contributed by atoms with van der Waals surface area (Å²) in [5.74, 6) is -0.540. The summed E-state index contributed by atoms with van der Waals surface area (Å²) in [7, 11) is 0. The number of amides is 1. The molecular weight excluding hydrogens is 292 g/mol. The van der Waals surface area contributed by atoms with Crippen LogP contribution in [0.4, 0.5) is 0 Å². The van der Waals surface area contributed by atoms with Crippen molar-refractivity contribution in [1.29, 1.82) is 0 Å². The highest BCUT2D eigenvalue weighted by molar-refractivity contribution is 6.31. The molecule has 1 fully saturated rings. The Morgan fingerprint density at radius 3 is 2.71 bits per heavy atom. The van der Waals surface area contributed by atoms with Gasteiger partial charge in [0.25, 0.3) is 0 Å². The molecule has 1 aliphatic heterocycles. The van der Waals surface area contributed by atoms with E-state index in [1.54, 1.807) is 16.7 Å². The molecule has 0 saturated carbocycles. The average Bonchev–Trinajstić information content (AvgIpc) is 2.72. The number of nitrogens with two attached hydrogens (primary N) is 1. The number of carbonyl (C=O) groups excluding carboxylic acids is 1. The van der Waals surface area contributed by atoms with Gasteiger partial charge in [0, 0.05) is 11.1 Å². The number of primary amides is 1. The molecule has 6 nitrogen and oxygen atoms in total. The molecular formula is C14H17ClN4O2. The number of fused-ring (bicyclic) bond motifs is 1. The first-order chi connectivity index (χ1) is 10.1. The predicted molar refractivity (Wildman–Crippen MR) is 81.5 cm³/mol. The van der Waals surface area contributed by atoms with Crippen molar-refractivity contribution in [3.8, 4) is 0 Å². The van der Waals surface area contributed by atoms with Crippen LogP contribution in [0.5, 0.6) is 0 Å². The van der Waals surface area contributed by atoms with Gasteiger partial charge in [0.15, 0.2) is 0 Å². The number of piperidine rings is 1. The van der Waals surface area contributed by atoms with E-state index in [1.807, 2.05) is 6.07 Å². The van der Waals surface area contributed by atoms with Crippen molar-refractivity contribution in [2.45, 2.75) is 25.4 Å². The first kappa shape index (κ1) is 14.2. The number of hydrogen-bond donors (Lipinski definition) is 2. The second kappa shape index (κ2) is 5.54. The summed E-state index contributed by atoms with van der Waals surface area (Å²) in [6.45, 7) is 1.63. The quantitative estimate of drug-likeness (QED) is 0.882. The number of carbonyl (C=O) groups is 1. The molecule has 2 heterocycles. The second-order valence-corrected chi connectivity index (χ2v) is 5.76. The Kier molecular flexibility index (Phi) is 3.73. The molecule has 3 rings (SSSR count). The molecule has 7 heteroatoms. The Morgan fingerprint density at radius 2 is 2.05 bits per heavy atom. The summed E-state index contributed by atoms with van der Waals surface area (Å²) < 4.78 is 3.18. The zero-order valence-electron chi connectivity index (χ0n) is 11.5. The monoisotopic (exact) mass is 308 g/mol. The Hall–Kier alpha value is -1.79. The number of rotatable bonds is 3. The highest BCUT2D eigenvalue weighted by Gasteiger charge is 2.22. The van der Waals surface area contributed by atoms with E-state index >= 15 is 0 Å². The van der Waals surface area contributed by atoms with Gasteiger partial charge in [-0.2, -0.15) is 0 Å². The molecule has 0 spiro atoms. The van der Waals surface area contributed by atoms with Crippen LogP contribution in [0.2, 0.25) is 5.02 Å². The number of benzene rings is 1. The topological polar surface area (TPSA) is 82.1 Å². The van der Waals surface area contributed by atoms with E-state index in [0.717, 1.165) is 31.4 Å². The molecule has 0 radical (unpaired) electrons.